The predicted molar refractivity (Wildman–Crippen MR) is 115 cm³/mol. The lowest BCUT2D eigenvalue weighted by Crippen LogP contribution is -3.13. The summed E-state index contributed by atoms with van der Waals surface area (Å²) in [6, 6.07) is 0. The van der Waals surface area contributed by atoms with Crippen LogP contribution in [-0.2, 0) is 11.3 Å². The zero-order chi connectivity index (χ0) is 19.7. The van der Waals surface area contributed by atoms with Gasteiger partial charge in [0, 0.05) is 18.0 Å². The van der Waals surface area contributed by atoms with Crippen LogP contribution in [0.1, 0.15) is 29.1 Å². The summed E-state index contributed by atoms with van der Waals surface area (Å²) in [6.07, 6.45) is 2.56. The minimum atomic E-state index is -0.0144. The predicted octanol–water partition coefficient (Wildman–Crippen LogP) is 0.355. The van der Waals surface area contributed by atoms with Crippen molar-refractivity contribution in [1.82, 2.24) is 20.2 Å². The second kappa shape index (κ2) is 8.44. The Bertz CT molecular complexity index is 911. The number of piperazine rings is 1. The Kier molecular flexibility index (Phi) is 5.96. The molecular formula is C19H28N5O2S2+. The van der Waals surface area contributed by atoms with Crippen LogP contribution in [0.15, 0.2) is 4.79 Å². The summed E-state index contributed by atoms with van der Waals surface area (Å²) in [7, 11) is 0. The van der Waals surface area contributed by atoms with Gasteiger partial charge in [0.15, 0.2) is 10.9 Å². The van der Waals surface area contributed by atoms with Gasteiger partial charge in [0.2, 0.25) is 0 Å². The van der Waals surface area contributed by atoms with E-state index in [1.165, 1.54) is 4.90 Å². The van der Waals surface area contributed by atoms with Crippen molar-refractivity contribution in [3.05, 3.63) is 26.6 Å². The molecular weight excluding hydrogens is 394 g/mol. The van der Waals surface area contributed by atoms with Crippen molar-refractivity contribution in [3.8, 4) is 0 Å². The van der Waals surface area contributed by atoms with Crippen molar-refractivity contribution in [3.63, 3.8) is 0 Å². The Balaban J connectivity index is 1.31. The highest BCUT2D eigenvalue weighted by Crippen LogP contribution is 2.25. The molecule has 9 heteroatoms. The van der Waals surface area contributed by atoms with E-state index in [9.17, 15) is 4.79 Å². The average Bonchev–Trinajstić information content (AvgIpc) is 3.29. The molecule has 0 aromatic carbocycles. The van der Waals surface area contributed by atoms with E-state index in [-0.39, 0.29) is 5.56 Å². The van der Waals surface area contributed by atoms with Crippen LogP contribution >= 0.6 is 23.6 Å². The van der Waals surface area contributed by atoms with E-state index in [0.717, 1.165) is 90.3 Å². The quantitative estimate of drug-likeness (QED) is 0.618. The number of aromatic nitrogens is 2. The fourth-order valence-electron chi connectivity index (χ4n) is 3.94. The monoisotopic (exact) mass is 422 g/mol. The molecule has 1 atom stereocenters. The number of aryl methyl sites for hydroxylation is 2. The summed E-state index contributed by atoms with van der Waals surface area (Å²) < 4.78 is 5.64. The molecule has 0 saturated carbocycles. The molecule has 0 spiro atoms. The van der Waals surface area contributed by atoms with Gasteiger partial charge in [0.25, 0.3) is 5.56 Å². The van der Waals surface area contributed by atoms with Crippen LogP contribution in [0.2, 0.25) is 0 Å². The van der Waals surface area contributed by atoms with Crippen LogP contribution in [0.5, 0.6) is 0 Å². The maximum atomic E-state index is 12.5. The van der Waals surface area contributed by atoms with E-state index < -0.39 is 0 Å². The van der Waals surface area contributed by atoms with Gasteiger partial charge < -0.3 is 24.8 Å². The highest BCUT2D eigenvalue weighted by atomic mass is 32.1. The molecule has 2 aromatic rings. The lowest BCUT2D eigenvalue weighted by molar-refractivity contribution is -0.918. The maximum Gasteiger partial charge on any atom is 0.260 e. The van der Waals surface area contributed by atoms with Gasteiger partial charge in [-0.1, -0.05) is 0 Å². The van der Waals surface area contributed by atoms with Gasteiger partial charge in [-0.05, 0) is 44.5 Å². The van der Waals surface area contributed by atoms with Crippen molar-refractivity contribution in [1.29, 1.82) is 0 Å². The number of quaternary nitrogens is 1. The lowest BCUT2D eigenvalue weighted by atomic mass is 10.2. The molecule has 3 N–H and O–H groups in total. The number of aromatic amines is 1. The van der Waals surface area contributed by atoms with Gasteiger partial charge in [0.1, 0.15) is 11.4 Å². The normalized spacial score (nSPS) is 20.8. The largest absolute Gasteiger partial charge is 0.376 e. The molecule has 7 nitrogen and oxygen atoms in total. The smallest absolute Gasteiger partial charge is 0.260 e. The highest BCUT2D eigenvalue weighted by molar-refractivity contribution is 7.80. The van der Waals surface area contributed by atoms with E-state index in [1.54, 1.807) is 11.3 Å². The molecule has 0 aliphatic carbocycles. The third-order valence-electron chi connectivity index (χ3n) is 5.77. The molecule has 0 bridgehead atoms. The Hall–Kier alpha value is -1.55. The Labute approximate surface area is 174 Å². The molecule has 28 heavy (non-hydrogen) atoms. The summed E-state index contributed by atoms with van der Waals surface area (Å²) in [5.41, 5.74) is 1.03. The summed E-state index contributed by atoms with van der Waals surface area (Å²) in [5.74, 6) is 0.779. The number of thiophene rings is 1. The standard InChI is InChI=1S/C19H27N5O2S2/c1-12-13(2)28-18-16(12)17(25)21-15(22-18)11-23-5-7-24(8-6-23)19(27)20-10-14-4-3-9-26-14/h14H,3-11H2,1-2H3,(H,20,27)(H,21,22,25)/p+1/t14-/m1/s1. The first kappa shape index (κ1) is 19.8. The van der Waals surface area contributed by atoms with Crippen molar-refractivity contribution in [2.75, 3.05) is 39.3 Å². The van der Waals surface area contributed by atoms with Crippen molar-refractivity contribution < 1.29 is 9.64 Å². The summed E-state index contributed by atoms with van der Waals surface area (Å²) in [5, 5.41) is 4.93. The molecule has 2 saturated heterocycles. The molecule has 2 aromatic heterocycles. The van der Waals surface area contributed by atoms with Gasteiger partial charge in [-0.2, -0.15) is 0 Å². The van der Waals surface area contributed by atoms with E-state index in [1.807, 2.05) is 13.8 Å². The molecule has 4 rings (SSSR count). The zero-order valence-electron chi connectivity index (χ0n) is 16.5. The number of H-pyrrole nitrogens is 1. The zero-order valence-corrected chi connectivity index (χ0v) is 18.1. The van der Waals surface area contributed by atoms with E-state index in [4.69, 9.17) is 21.9 Å². The molecule has 0 radical (unpaired) electrons. The van der Waals surface area contributed by atoms with Crippen LogP contribution in [0, 0.1) is 13.8 Å². The van der Waals surface area contributed by atoms with Crippen LogP contribution < -0.4 is 15.8 Å². The second-order valence-electron chi connectivity index (χ2n) is 7.71. The number of nitrogens with zero attached hydrogens (tertiary/aromatic N) is 2. The molecule has 4 heterocycles. The fourth-order valence-corrected chi connectivity index (χ4v) is 5.26. The van der Waals surface area contributed by atoms with Gasteiger partial charge in [-0.25, -0.2) is 4.98 Å². The minimum Gasteiger partial charge on any atom is -0.376 e. The number of nitrogens with one attached hydrogen (secondary N) is 3. The molecule has 0 amide bonds. The van der Waals surface area contributed by atoms with Crippen molar-refractivity contribution in [2.45, 2.75) is 39.3 Å². The summed E-state index contributed by atoms with van der Waals surface area (Å²) in [4.78, 5) is 25.8. The van der Waals surface area contributed by atoms with Crippen molar-refractivity contribution >= 4 is 38.9 Å². The second-order valence-corrected chi connectivity index (χ2v) is 9.30. The molecule has 2 aliphatic rings. The van der Waals surface area contributed by atoms with Crippen LogP contribution in [0.4, 0.5) is 0 Å². The molecule has 0 unspecified atom stereocenters. The first-order valence-electron chi connectivity index (χ1n) is 9.98. The van der Waals surface area contributed by atoms with Gasteiger partial charge in [-0.15, -0.1) is 11.3 Å². The topological polar surface area (TPSA) is 74.7 Å². The molecule has 2 aliphatic heterocycles. The van der Waals surface area contributed by atoms with Crippen LogP contribution in [0.25, 0.3) is 10.2 Å². The third-order valence-corrected chi connectivity index (χ3v) is 7.27. The Morgan fingerprint density at radius 3 is 2.93 bits per heavy atom. The number of hydrogen-bond donors (Lipinski definition) is 3. The lowest BCUT2D eigenvalue weighted by Gasteiger charge is -2.33. The van der Waals surface area contributed by atoms with Gasteiger partial charge in [-0.3, -0.25) is 4.79 Å². The SMILES string of the molecule is Cc1sc2nc(C[NH+]3CCN(C(=S)NC[C@H]4CCCO4)CC3)[nH]c(=O)c2c1C. The van der Waals surface area contributed by atoms with E-state index in [0.29, 0.717) is 6.10 Å². The fraction of sp³-hybridized carbons (Fsp3) is 0.632. The van der Waals surface area contributed by atoms with Gasteiger partial charge >= 0.3 is 0 Å². The number of hydrogen-bond acceptors (Lipinski definition) is 5. The van der Waals surface area contributed by atoms with Gasteiger partial charge in [0.05, 0.1) is 37.7 Å². The van der Waals surface area contributed by atoms with Crippen LogP contribution in [0.3, 0.4) is 0 Å². The van der Waals surface area contributed by atoms with Crippen LogP contribution in [-0.4, -0.2) is 65.4 Å². The number of fused-ring (bicyclic) bond motifs is 1. The summed E-state index contributed by atoms with van der Waals surface area (Å²) >= 11 is 7.16. The molecule has 152 valence electrons. The Morgan fingerprint density at radius 1 is 1.43 bits per heavy atom. The summed E-state index contributed by atoms with van der Waals surface area (Å²) in [6.45, 7) is 10.2. The minimum absolute atomic E-state index is 0.0144. The number of thiocarbonyl (C=S) groups is 1. The first-order chi connectivity index (χ1) is 13.5. The van der Waals surface area contributed by atoms with Crippen molar-refractivity contribution in [2.24, 2.45) is 0 Å². The Morgan fingerprint density at radius 2 is 2.21 bits per heavy atom. The van der Waals surface area contributed by atoms with E-state index in [2.05, 4.69) is 15.2 Å². The first-order valence-corrected chi connectivity index (χ1v) is 11.2. The average molecular weight is 423 g/mol. The molecule has 2 fully saturated rings. The van der Waals surface area contributed by atoms with E-state index >= 15 is 0 Å². The maximum absolute atomic E-state index is 12.5. The number of ether oxygens (including phenoxy) is 1. The highest BCUT2D eigenvalue weighted by Gasteiger charge is 2.24. The third kappa shape index (κ3) is 4.22. The number of rotatable bonds is 4.